The molecule has 0 bridgehead atoms. The van der Waals surface area contributed by atoms with E-state index in [9.17, 15) is 12.8 Å². The topological polar surface area (TPSA) is 84.0 Å². The van der Waals surface area contributed by atoms with Crippen molar-refractivity contribution < 1.29 is 12.8 Å². The Balaban J connectivity index is 2.32. The minimum atomic E-state index is -4.02. The smallest absolute Gasteiger partial charge is 0.266 e. The summed E-state index contributed by atoms with van der Waals surface area (Å²) in [6.45, 7) is 2.33. The summed E-state index contributed by atoms with van der Waals surface area (Å²) in [7, 11) is -2.30. The maximum Gasteiger partial charge on any atom is 0.266 e. The van der Waals surface area contributed by atoms with Gasteiger partial charge in [0.2, 0.25) is 5.13 Å². The van der Waals surface area contributed by atoms with Crippen LogP contribution in [-0.2, 0) is 23.0 Å². The highest BCUT2D eigenvalue weighted by Crippen LogP contribution is 2.22. The maximum atomic E-state index is 13.8. The second-order valence-electron chi connectivity index (χ2n) is 4.26. The molecule has 2 aromatic rings. The van der Waals surface area contributed by atoms with Crippen LogP contribution < -0.4 is 10.0 Å². The molecule has 0 unspecified atom stereocenters. The lowest BCUT2D eigenvalue weighted by atomic mass is 10.2. The van der Waals surface area contributed by atoms with Crippen molar-refractivity contribution in [1.82, 2.24) is 15.5 Å². The van der Waals surface area contributed by atoms with Gasteiger partial charge in [0.25, 0.3) is 10.0 Å². The quantitative estimate of drug-likeness (QED) is 0.843. The number of halogens is 1. The SMILES string of the molecule is CCc1nnc(NS(=O)(=O)c2cc(CNC)ccc2F)s1. The van der Waals surface area contributed by atoms with Crippen LogP contribution in [0.4, 0.5) is 9.52 Å². The van der Waals surface area contributed by atoms with Crippen LogP contribution in [0.25, 0.3) is 0 Å². The fourth-order valence-corrected chi connectivity index (χ4v) is 3.71. The zero-order valence-corrected chi connectivity index (χ0v) is 13.2. The number of sulfonamides is 1. The van der Waals surface area contributed by atoms with Gasteiger partial charge < -0.3 is 5.32 Å². The van der Waals surface area contributed by atoms with E-state index in [1.54, 1.807) is 7.05 Å². The second kappa shape index (κ2) is 6.46. The molecule has 1 heterocycles. The third-order valence-electron chi connectivity index (χ3n) is 2.66. The summed E-state index contributed by atoms with van der Waals surface area (Å²) in [5, 5.41) is 11.3. The lowest BCUT2D eigenvalue weighted by Crippen LogP contribution is -2.15. The number of anilines is 1. The molecule has 0 spiro atoms. The predicted octanol–water partition coefficient (Wildman–Crippen LogP) is 1.76. The Bertz CT molecular complexity index is 731. The fourth-order valence-electron chi connectivity index (χ4n) is 1.68. The molecule has 6 nitrogen and oxygen atoms in total. The predicted molar refractivity (Wildman–Crippen MR) is 79.3 cm³/mol. The Morgan fingerprint density at radius 1 is 1.33 bits per heavy atom. The van der Waals surface area contributed by atoms with Gasteiger partial charge in [-0.25, -0.2) is 12.8 Å². The van der Waals surface area contributed by atoms with Gasteiger partial charge in [0.15, 0.2) is 0 Å². The van der Waals surface area contributed by atoms with Crippen molar-refractivity contribution in [1.29, 1.82) is 0 Å². The van der Waals surface area contributed by atoms with Crippen LogP contribution in [0.2, 0.25) is 0 Å². The van der Waals surface area contributed by atoms with Crippen molar-refractivity contribution in [2.75, 3.05) is 11.8 Å². The Morgan fingerprint density at radius 3 is 2.71 bits per heavy atom. The monoisotopic (exact) mass is 330 g/mol. The maximum absolute atomic E-state index is 13.8. The molecule has 0 fully saturated rings. The number of nitrogens with zero attached hydrogens (tertiary/aromatic N) is 2. The van der Waals surface area contributed by atoms with Gasteiger partial charge in [0, 0.05) is 6.54 Å². The lowest BCUT2D eigenvalue weighted by Gasteiger charge is -2.08. The van der Waals surface area contributed by atoms with Crippen LogP contribution in [0.1, 0.15) is 17.5 Å². The van der Waals surface area contributed by atoms with Gasteiger partial charge in [-0.15, -0.1) is 10.2 Å². The summed E-state index contributed by atoms with van der Waals surface area (Å²) in [5.74, 6) is -0.803. The van der Waals surface area contributed by atoms with E-state index in [0.717, 1.165) is 17.4 Å². The Hall–Kier alpha value is -1.58. The highest BCUT2D eigenvalue weighted by molar-refractivity contribution is 7.93. The average molecular weight is 330 g/mol. The van der Waals surface area contributed by atoms with E-state index in [4.69, 9.17) is 0 Å². The number of aryl methyl sites for hydroxylation is 1. The number of hydrogen-bond donors (Lipinski definition) is 2. The summed E-state index contributed by atoms with van der Waals surface area (Å²) < 4.78 is 40.6. The number of rotatable bonds is 6. The van der Waals surface area contributed by atoms with E-state index in [0.29, 0.717) is 23.5 Å². The normalized spacial score (nSPS) is 11.6. The van der Waals surface area contributed by atoms with Crippen LogP contribution in [0.15, 0.2) is 23.1 Å². The highest BCUT2D eigenvalue weighted by atomic mass is 32.2. The first-order valence-electron chi connectivity index (χ1n) is 6.24. The Labute approximate surface area is 126 Å². The molecule has 0 aliphatic carbocycles. The molecule has 0 saturated carbocycles. The number of aromatic nitrogens is 2. The standard InChI is InChI=1S/C12H15FN4O2S2/c1-3-11-15-16-12(20-11)17-21(18,19)10-6-8(7-14-2)4-5-9(10)13/h4-6,14H,3,7H2,1-2H3,(H,16,17). The van der Waals surface area contributed by atoms with Crippen LogP contribution >= 0.6 is 11.3 Å². The van der Waals surface area contributed by atoms with Crippen molar-refractivity contribution in [2.24, 2.45) is 0 Å². The fraction of sp³-hybridized carbons (Fsp3) is 0.333. The average Bonchev–Trinajstić information content (AvgIpc) is 2.88. The zero-order chi connectivity index (χ0) is 15.5. The molecule has 9 heteroatoms. The summed E-state index contributed by atoms with van der Waals surface area (Å²) in [6.07, 6.45) is 0.658. The number of nitrogens with one attached hydrogen (secondary N) is 2. The molecule has 0 saturated heterocycles. The molecular weight excluding hydrogens is 315 g/mol. The summed E-state index contributed by atoms with van der Waals surface area (Å²) in [5.41, 5.74) is 0.672. The molecule has 0 amide bonds. The van der Waals surface area contributed by atoms with Crippen molar-refractivity contribution in [3.8, 4) is 0 Å². The Kier molecular flexibility index (Phi) is 4.86. The molecule has 2 N–H and O–H groups in total. The minimum absolute atomic E-state index is 0.130. The second-order valence-corrected chi connectivity index (χ2v) is 6.97. The van der Waals surface area contributed by atoms with Crippen molar-refractivity contribution in [3.05, 3.63) is 34.6 Å². The third-order valence-corrected chi connectivity index (χ3v) is 5.12. The molecule has 0 atom stereocenters. The first kappa shape index (κ1) is 15.8. The van der Waals surface area contributed by atoms with E-state index < -0.39 is 20.7 Å². The summed E-state index contributed by atoms with van der Waals surface area (Å²) in [6, 6.07) is 3.97. The van der Waals surface area contributed by atoms with E-state index in [-0.39, 0.29) is 5.13 Å². The summed E-state index contributed by atoms with van der Waals surface area (Å²) in [4.78, 5) is -0.400. The van der Waals surface area contributed by atoms with E-state index in [1.165, 1.54) is 12.1 Å². The summed E-state index contributed by atoms with van der Waals surface area (Å²) >= 11 is 1.13. The highest BCUT2D eigenvalue weighted by Gasteiger charge is 2.21. The molecular formula is C12H15FN4O2S2. The van der Waals surface area contributed by atoms with Gasteiger partial charge in [-0.2, -0.15) is 0 Å². The first-order valence-corrected chi connectivity index (χ1v) is 8.54. The molecule has 2 rings (SSSR count). The van der Waals surface area contributed by atoms with Gasteiger partial charge in [-0.05, 0) is 31.2 Å². The lowest BCUT2D eigenvalue weighted by molar-refractivity contribution is 0.569. The van der Waals surface area contributed by atoms with E-state index in [1.807, 2.05) is 6.92 Å². The van der Waals surface area contributed by atoms with Crippen molar-refractivity contribution >= 4 is 26.5 Å². The molecule has 0 aliphatic rings. The van der Waals surface area contributed by atoms with Gasteiger partial charge in [0.1, 0.15) is 15.7 Å². The molecule has 114 valence electrons. The third kappa shape index (κ3) is 3.74. The molecule has 0 radical (unpaired) electrons. The van der Waals surface area contributed by atoms with Gasteiger partial charge in [-0.1, -0.05) is 24.3 Å². The first-order chi connectivity index (χ1) is 9.96. The van der Waals surface area contributed by atoms with Gasteiger partial charge in [0.05, 0.1) is 0 Å². The van der Waals surface area contributed by atoms with Crippen molar-refractivity contribution in [2.45, 2.75) is 24.8 Å². The van der Waals surface area contributed by atoms with E-state index in [2.05, 4.69) is 20.2 Å². The van der Waals surface area contributed by atoms with Crippen molar-refractivity contribution in [3.63, 3.8) is 0 Å². The molecule has 1 aromatic heterocycles. The minimum Gasteiger partial charge on any atom is -0.316 e. The van der Waals surface area contributed by atoms with Gasteiger partial charge in [-0.3, -0.25) is 4.72 Å². The molecule has 1 aromatic carbocycles. The number of hydrogen-bond acceptors (Lipinski definition) is 6. The van der Waals surface area contributed by atoms with Gasteiger partial charge >= 0.3 is 0 Å². The van der Waals surface area contributed by atoms with Crippen LogP contribution in [0.3, 0.4) is 0 Å². The van der Waals surface area contributed by atoms with Crippen LogP contribution in [-0.4, -0.2) is 25.7 Å². The molecule has 0 aliphatic heterocycles. The number of benzene rings is 1. The molecule has 21 heavy (non-hydrogen) atoms. The Morgan fingerprint density at radius 2 is 2.10 bits per heavy atom. The van der Waals surface area contributed by atoms with E-state index >= 15 is 0 Å². The van der Waals surface area contributed by atoms with Crippen LogP contribution in [0, 0.1) is 5.82 Å². The zero-order valence-electron chi connectivity index (χ0n) is 11.6. The largest absolute Gasteiger partial charge is 0.316 e. The van der Waals surface area contributed by atoms with Crippen LogP contribution in [0.5, 0.6) is 0 Å².